The van der Waals surface area contributed by atoms with Gasteiger partial charge in [-0.05, 0) is 29.7 Å². The zero-order chi connectivity index (χ0) is 22.3. The Morgan fingerprint density at radius 1 is 1.06 bits per heavy atom. The van der Waals surface area contributed by atoms with Crippen molar-refractivity contribution in [1.29, 1.82) is 0 Å². The average molecular weight is 457 g/mol. The van der Waals surface area contributed by atoms with E-state index in [4.69, 9.17) is 14.2 Å². The molecule has 2 aliphatic heterocycles. The van der Waals surface area contributed by atoms with Gasteiger partial charge in [-0.1, -0.05) is 54.2 Å². The Morgan fingerprint density at radius 3 is 2.56 bits per heavy atom. The number of hydrogen-bond donors (Lipinski definition) is 2. The molecule has 2 heterocycles. The number of esters is 1. The summed E-state index contributed by atoms with van der Waals surface area (Å²) < 4.78 is 17.0. The van der Waals surface area contributed by atoms with Crippen LogP contribution in [-0.4, -0.2) is 54.3 Å². The number of amides is 2. The minimum absolute atomic E-state index is 0.187. The molecule has 2 aliphatic rings. The van der Waals surface area contributed by atoms with Crippen molar-refractivity contribution >= 4 is 28.9 Å². The van der Waals surface area contributed by atoms with E-state index in [1.54, 1.807) is 12.1 Å². The second-order valence-corrected chi connectivity index (χ2v) is 8.65. The van der Waals surface area contributed by atoms with E-state index in [-0.39, 0.29) is 30.3 Å². The molecular weight excluding hydrogens is 432 g/mol. The molecule has 2 fully saturated rings. The first-order valence-corrected chi connectivity index (χ1v) is 11.3. The SMILES string of the molecule is O=C1NC(=O)C(Cc2ccc(OC[C@H]3OCCN[C@@H]3C(=O)OCc3ccccc3)cc2)S1. The van der Waals surface area contributed by atoms with Crippen molar-refractivity contribution in [2.75, 3.05) is 19.8 Å². The molecule has 3 atom stereocenters. The Kier molecular flexibility index (Phi) is 7.41. The monoisotopic (exact) mass is 456 g/mol. The van der Waals surface area contributed by atoms with Gasteiger partial charge in [-0.2, -0.15) is 0 Å². The summed E-state index contributed by atoms with van der Waals surface area (Å²) in [6, 6.07) is 16.2. The number of hydrogen-bond acceptors (Lipinski definition) is 8. The smallest absolute Gasteiger partial charge is 0.326 e. The van der Waals surface area contributed by atoms with Crippen molar-refractivity contribution in [3.05, 3.63) is 65.7 Å². The number of morpholine rings is 1. The number of benzene rings is 2. The van der Waals surface area contributed by atoms with Gasteiger partial charge in [-0.3, -0.25) is 25.0 Å². The van der Waals surface area contributed by atoms with Crippen LogP contribution in [0.2, 0.25) is 0 Å². The van der Waals surface area contributed by atoms with Crippen LogP contribution in [0.3, 0.4) is 0 Å². The molecule has 0 aliphatic carbocycles. The maximum Gasteiger partial charge on any atom is 0.326 e. The molecule has 2 amide bonds. The van der Waals surface area contributed by atoms with Crippen LogP contribution in [0.1, 0.15) is 11.1 Å². The second-order valence-electron chi connectivity index (χ2n) is 7.48. The fourth-order valence-corrected chi connectivity index (χ4v) is 4.35. The van der Waals surface area contributed by atoms with Crippen LogP contribution in [0.4, 0.5) is 4.79 Å². The third kappa shape index (κ3) is 5.87. The number of carbonyl (C=O) groups excluding carboxylic acids is 3. The van der Waals surface area contributed by atoms with Crippen molar-refractivity contribution in [3.8, 4) is 5.75 Å². The van der Waals surface area contributed by atoms with Crippen LogP contribution in [0.5, 0.6) is 5.75 Å². The summed E-state index contributed by atoms with van der Waals surface area (Å²) in [6.07, 6.45) is -0.00987. The highest BCUT2D eigenvalue weighted by Crippen LogP contribution is 2.24. The minimum Gasteiger partial charge on any atom is -0.491 e. The lowest BCUT2D eigenvalue weighted by Crippen LogP contribution is -2.55. The highest BCUT2D eigenvalue weighted by molar-refractivity contribution is 8.15. The summed E-state index contributed by atoms with van der Waals surface area (Å²) >= 11 is 1.01. The van der Waals surface area contributed by atoms with E-state index in [0.29, 0.717) is 25.3 Å². The van der Waals surface area contributed by atoms with Gasteiger partial charge in [-0.25, -0.2) is 0 Å². The molecule has 2 aromatic carbocycles. The van der Waals surface area contributed by atoms with Crippen LogP contribution in [0.15, 0.2) is 54.6 Å². The standard InChI is InChI=1S/C23H24N2O6S/c26-21-19(32-23(28)25-21)12-15-6-8-17(9-7-15)30-14-18-20(24-10-11-29-18)22(27)31-13-16-4-2-1-3-5-16/h1-9,18-20,24H,10-14H2,(H,25,26,28)/t18-,19?,20+/m1/s1. The second kappa shape index (κ2) is 10.6. The van der Waals surface area contributed by atoms with Crippen molar-refractivity contribution in [2.45, 2.75) is 30.4 Å². The Morgan fingerprint density at radius 2 is 1.84 bits per heavy atom. The lowest BCUT2D eigenvalue weighted by atomic mass is 10.1. The van der Waals surface area contributed by atoms with E-state index in [1.165, 1.54) is 0 Å². The van der Waals surface area contributed by atoms with Crippen molar-refractivity contribution in [2.24, 2.45) is 0 Å². The van der Waals surface area contributed by atoms with Crippen LogP contribution in [-0.2, 0) is 32.1 Å². The predicted molar refractivity (Wildman–Crippen MR) is 118 cm³/mol. The Balaban J connectivity index is 1.28. The largest absolute Gasteiger partial charge is 0.491 e. The summed E-state index contributed by atoms with van der Waals surface area (Å²) in [5.41, 5.74) is 1.85. The van der Waals surface area contributed by atoms with Gasteiger partial charge in [0.25, 0.3) is 5.24 Å². The third-order valence-corrected chi connectivity index (χ3v) is 6.15. The molecule has 9 heteroatoms. The number of nitrogens with one attached hydrogen (secondary N) is 2. The van der Waals surface area contributed by atoms with Gasteiger partial charge in [0.1, 0.15) is 31.1 Å². The number of ether oxygens (including phenoxy) is 3. The van der Waals surface area contributed by atoms with Gasteiger partial charge >= 0.3 is 5.97 Å². The van der Waals surface area contributed by atoms with Crippen LogP contribution in [0, 0.1) is 0 Å². The highest BCUT2D eigenvalue weighted by Gasteiger charge is 2.34. The highest BCUT2D eigenvalue weighted by atomic mass is 32.2. The Hall–Kier alpha value is -2.88. The van der Waals surface area contributed by atoms with Gasteiger partial charge in [0, 0.05) is 6.54 Å². The summed E-state index contributed by atoms with van der Waals surface area (Å²) in [5.74, 6) is -0.00853. The molecule has 0 aromatic heterocycles. The molecule has 2 N–H and O–H groups in total. The molecule has 32 heavy (non-hydrogen) atoms. The lowest BCUT2D eigenvalue weighted by molar-refractivity contribution is -0.155. The fourth-order valence-electron chi connectivity index (χ4n) is 3.49. The van der Waals surface area contributed by atoms with Crippen molar-refractivity contribution in [1.82, 2.24) is 10.6 Å². The van der Waals surface area contributed by atoms with Crippen molar-refractivity contribution in [3.63, 3.8) is 0 Å². The van der Waals surface area contributed by atoms with E-state index in [1.807, 2.05) is 42.5 Å². The maximum absolute atomic E-state index is 12.6. The minimum atomic E-state index is -0.609. The van der Waals surface area contributed by atoms with Crippen LogP contribution >= 0.6 is 11.8 Å². The molecule has 0 bridgehead atoms. The summed E-state index contributed by atoms with van der Waals surface area (Å²) in [7, 11) is 0. The normalized spacial score (nSPS) is 22.9. The van der Waals surface area contributed by atoms with E-state index in [9.17, 15) is 14.4 Å². The molecule has 0 radical (unpaired) electrons. The molecule has 1 unspecified atom stereocenters. The van der Waals surface area contributed by atoms with E-state index < -0.39 is 17.4 Å². The molecule has 2 saturated heterocycles. The first-order chi connectivity index (χ1) is 15.6. The third-order valence-electron chi connectivity index (χ3n) is 5.17. The summed E-state index contributed by atoms with van der Waals surface area (Å²) in [5, 5.41) is 4.73. The van der Waals surface area contributed by atoms with Gasteiger partial charge in [0.05, 0.1) is 11.9 Å². The zero-order valence-corrected chi connectivity index (χ0v) is 18.1. The van der Waals surface area contributed by atoms with Crippen LogP contribution < -0.4 is 15.4 Å². The summed E-state index contributed by atoms with van der Waals surface area (Å²) in [6.45, 7) is 1.43. The first-order valence-electron chi connectivity index (χ1n) is 10.4. The lowest BCUT2D eigenvalue weighted by Gasteiger charge is -2.31. The average Bonchev–Trinajstić information content (AvgIpc) is 3.14. The quantitative estimate of drug-likeness (QED) is 0.582. The molecule has 0 saturated carbocycles. The maximum atomic E-state index is 12.6. The Bertz CT molecular complexity index is 953. The Labute approximate surface area is 190 Å². The van der Waals surface area contributed by atoms with Gasteiger partial charge in [-0.15, -0.1) is 0 Å². The van der Waals surface area contributed by atoms with Crippen LogP contribution in [0.25, 0.3) is 0 Å². The number of rotatable bonds is 8. The molecule has 8 nitrogen and oxygen atoms in total. The number of imide groups is 1. The predicted octanol–water partition coefficient (Wildman–Crippen LogP) is 2.06. The molecule has 0 spiro atoms. The zero-order valence-electron chi connectivity index (χ0n) is 17.3. The molecule has 2 aromatic rings. The number of carbonyl (C=O) groups is 3. The van der Waals surface area contributed by atoms with Crippen molar-refractivity contribution < 1.29 is 28.6 Å². The molecule has 168 valence electrons. The van der Waals surface area contributed by atoms with E-state index >= 15 is 0 Å². The van der Waals surface area contributed by atoms with Gasteiger partial charge in [0.2, 0.25) is 5.91 Å². The summed E-state index contributed by atoms with van der Waals surface area (Å²) in [4.78, 5) is 35.6. The molecular formula is C23H24N2O6S. The van der Waals surface area contributed by atoms with Gasteiger partial charge < -0.3 is 14.2 Å². The number of thioether (sulfide) groups is 1. The van der Waals surface area contributed by atoms with E-state index in [2.05, 4.69) is 10.6 Å². The first kappa shape index (κ1) is 22.3. The fraction of sp³-hybridized carbons (Fsp3) is 0.348. The topological polar surface area (TPSA) is 103 Å². The van der Waals surface area contributed by atoms with E-state index in [0.717, 1.165) is 22.9 Å². The molecule has 4 rings (SSSR count). The van der Waals surface area contributed by atoms with Gasteiger partial charge in [0.15, 0.2) is 0 Å².